The summed E-state index contributed by atoms with van der Waals surface area (Å²) >= 11 is 0. The number of fused-ring (bicyclic) bond motifs is 1. The van der Waals surface area contributed by atoms with Gasteiger partial charge in [-0.1, -0.05) is 48.6 Å². The highest BCUT2D eigenvalue weighted by molar-refractivity contribution is 5.95. The van der Waals surface area contributed by atoms with Crippen LogP contribution in [0.2, 0.25) is 0 Å². The third-order valence-corrected chi connectivity index (χ3v) is 6.49. The van der Waals surface area contributed by atoms with Crippen LogP contribution in [0.15, 0.2) is 97.4 Å². The first kappa shape index (κ1) is 25.9. The minimum atomic E-state index is -1.01. The van der Waals surface area contributed by atoms with E-state index in [4.69, 9.17) is 9.72 Å². The van der Waals surface area contributed by atoms with Crippen LogP contribution in [0.1, 0.15) is 30.2 Å². The fourth-order valence-electron chi connectivity index (χ4n) is 4.61. The van der Waals surface area contributed by atoms with Crippen molar-refractivity contribution in [3.05, 3.63) is 120 Å². The second-order valence-electron chi connectivity index (χ2n) is 9.17. The maximum Gasteiger partial charge on any atom is 0.326 e. The molecule has 1 atom stereocenters. The molecule has 4 aromatic rings. The third kappa shape index (κ3) is 6.04. The van der Waals surface area contributed by atoms with Crippen LogP contribution < -0.4 is 10.1 Å². The van der Waals surface area contributed by atoms with Gasteiger partial charge in [-0.25, -0.2) is 14.2 Å². The van der Waals surface area contributed by atoms with E-state index < -0.39 is 17.8 Å². The zero-order valence-corrected chi connectivity index (χ0v) is 21.5. The fourth-order valence-corrected chi connectivity index (χ4v) is 4.61. The van der Waals surface area contributed by atoms with Crippen LogP contribution in [0.25, 0.3) is 22.0 Å². The highest BCUT2D eigenvalue weighted by Crippen LogP contribution is 2.33. The van der Waals surface area contributed by atoms with E-state index in [2.05, 4.69) is 22.5 Å². The molecule has 0 saturated carbocycles. The molecular weight excluding hydrogens is 493 g/mol. The minimum Gasteiger partial charge on any atom is -0.493 e. The number of nitrogens with zero attached hydrogens (tertiary/aromatic N) is 2. The van der Waals surface area contributed by atoms with E-state index in [-0.39, 0.29) is 6.42 Å². The number of hydrogen-bond acceptors (Lipinski definition) is 5. The molecule has 5 rings (SSSR count). The van der Waals surface area contributed by atoms with Crippen molar-refractivity contribution in [3.63, 3.8) is 0 Å². The Balaban J connectivity index is 1.53. The largest absolute Gasteiger partial charge is 0.493 e. The highest BCUT2D eigenvalue weighted by Gasteiger charge is 2.21. The number of allylic oxidation sites excluding steroid dienone is 6. The van der Waals surface area contributed by atoms with Crippen LogP contribution in [0.5, 0.6) is 5.75 Å². The van der Waals surface area contributed by atoms with Gasteiger partial charge < -0.3 is 15.2 Å². The molecule has 6 nitrogen and oxygen atoms in total. The lowest BCUT2D eigenvalue weighted by Gasteiger charge is -2.19. The zero-order chi connectivity index (χ0) is 27.2. The molecule has 0 fully saturated rings. The Bertz CT molecular complexity index is 1600. The average Bonchev–Trinajstić information content (AvgIpc) is 3.20. The normalized spacial score (nSPS) is 13.8. The van der Waals surface area contributed by atoms with Crippen LogP contribution in [0.3, 0.4) is 0 Å². The number of aromatic nitrogens is 2. The van der Waals surface area contributed by atoms with Crippen molar-refractivity contribution in [2.75, 3.05) is 11.9 Å². The number of carboxylic acids is 1. The van der Waals surface area contributed by atoms with Gasteiger partial charge in [-0.05, 0) is 66.5 Å². The Hall–Kier alpha value is -4.78. The summed E-state index contributed by atoms with van der Waals surface area (Å²) in [4.78, 5) is 21.1. The number of benzene rings is 2. The first-order valence-electron chi connectivity index (χ1n) is 12.8. The van der Waals surface area contributed by atoms with Crippen LogP contribution >= 0.6 is 0 Å². The quantitative estimate of drug-likeness (QED) is 0.255. The van der Waals surface area contributed by atoms with E-state index in [0.29, 0.717) is 35.3 Å². The molecule has 0 saturated heterocycles. The predicted molar refractivity (Wildman–Crippen MR) is 152 cm³/mol. The van der Waals surface area contributed by atoms with Crippen LogP contribution in [-0.4, -0.2) is 33.7 Å². The molecule has 2 aromatic heterocycles. The number of halogens is 1. The molecule has 0 amide bonds. The van der Waals surface area contributed by atoms with Gasteiger partial charge >= 0.3 is 5.97 Å². The van der Waals surface area contributed by atoms with Crippen LogP contribution in [0, 0.1) is 5.82 Å². The highest BCUT2D eigenvalue weighted by atomic mass is 19.1. The molecule has 7 heteroatoms. The Morgan fingerprint density at radius 2 is 2.00 bits per heavy atom. The van der Waals surface area contributed by atoms with Gasteiger partial charge in [0.2, 0.25) is 0 Å². The molecule has 1 unspecified atom stereocenters. The number of nitrogens with one attached hydrogen (secondary N) is 1. The van der Waals surface area contributed by atoms with Gasteiger partial charge in [0.05, 0.1) is 17.8 Å². The van der Waals surface area contributed by atoms with Gasteiger partial charge in [0, 0.05) is 35.5 Å². The van der Waals surface area contributed by atoms with Gasteiger partial charge in [0.25, 0.3) is 0 Å². The maximum absolute atomic E-state index is 14.2. The Kier molecular flexibility index (Phi) is 7.78. The number of para-hydroxylation sites is 1. The summed E-state index contributed by atoms with van der Waals surface area (Å²) in [5.41, 5.74) is 5.50. The van der Waals surface area contributed by atoms with E-state index >= 15 is 0 Å². The van der Waals surface area contributed by atoms with E-state index in [1.54, 1.807) is 30.6 Å². The molecule has 196 valence electrons. The molecule has 0 bridgehead atoms. The van der Waals surface area contributed by atoms with E-state index in [1.807, 2.05) is 49.4 Å². The number of anilines is 1. The number of pyridine rings is 2. The van der Waals surface area contributed by atoms with Crippen molar-refractivity contribution >= 4 is 33.7 Å². The van der Waals surface area contributed by atoms with Gasteiger partial charge in [0.1, 0.15) is 17.6 Å². The second kappa shape index (κ2) is 11.7. The first-order chi connectivity index (χ1) is 19.0. The topological polar surface area (TPSA) is 84.3 Å². The van der Waals surface area contributed by atoms with Crippen molar-refractivity contribution < 1.29 is 19.0 Å². The van der Waals surface area contributed by atoms with Crippen molar-refractivity contribution in [3.8, 4) is 5.75 Å². The number of ether oxygens (including phenoxy) is 1. The molecule has 39 heavy (non-hydrogen) atoms. The fraction of sp³-hybridized carbons (Fsp3) is 0.156. The van der Waals surface area contributed by atoms with Crippen molar-refractivity contribution in [2.24, 2.45) is 0 Å². The van der Waals surface area contributed by atoms with Gasteiger partial charge in [0.15, 0.2) is 0 Å². The molecular formula is C32H28FN3O3. The SMILES string of the molecule is CCOc1ccccc1C1=CC=C(c2cc(NC(Cc3cccnc3)C(=O)O)c3cc(F)ccc3n2)CC=C1. The minimum absolute atomic E-state index is 0.217. The average molecular weight is 522 g/mol. The molecule has 0 aliphatic heterocycles. The monoisotopic (exact) mass is 521 g/mol. The number of rotatable bonds is 9. The van der Waals surface area contributed by atoms with Crippen molar-refractivity contribution in [2.45, 2.75) is 25.8 Å². The van der Waals surface area contributed by atoms with Crippen molar-refractivity contribution in [1.82, 2.24) is 9.97 Å². The van der Waals surface area contributed by atoms with Crippen molar-refractivity contribution in [1.29, 1.82) is 0 Å². The lowest BCUT2D eigenvalue weighted by atomic mass is 10.0. The van der Waals surface area contributed by atoms with Gasteiger partial charge in [-0.3, -0.25) is 4.98 Å². The molecule has 2 heterocycles. The lowest BCUT2D eigenvalue weighted by molar-refractivity contribution is -0.137. The molecule has 2 N–H and O–H groups in total. The lowest BCUT2D eigenvalue weighted by Crippen LogP contribution is -2.31. The molecule has 1 aliphatic carbocycles. The summed E-state index contributed by atoms with van der Waals surface area (Å²) in [7, 11) is 0. The molecule has 0 radical (unpaired) electrons. The Labute approximate surface area is 226 Å². The van der Waals surface area contributed by atoms with Gasteiger partial charge in [-0.15, -0.1) is 0 Å². The molecule has 2 aromatic carbocycles. The third-order valence-electron chi connectivity index (χ3n) is 6.49. The Morgan fingerprint density at radius 3 is 2.79 bits per heavy atom. The van der Waals surface area contributed by atoms with Crippen LogP contribution in [0.4, 0.5) is 10.1 Å². The smallest absolute Gasteiger partial charge is 0.326 e. The van der Waals surface area contributed by atoms with Gasteiger partial charge in [-0.2, -0.15) is 0 Å². The maximum atomic E-state index is 14.2. The van der Waals surface area contributed by atoms with E-state index in [0.717, 1.165) is 28.0 Å². The van der Waals surface area contributed by atoms with Crippen LogP contribution in [-0.2, 0) is 11.2 Å². The number of hydrogen-bond donors (Lipinski definition) is 2. The summed E-state index contributed by atoms with van der Waals surface area (Å²) < 4.78 is 20.1. The summed E-state index contributed by atoms with van der Waals surface area (Å²) in [6.45, 7) is 2.53. The second-order valence-corrected chi connectivity index (χ2v) is 9.17. The van der Waals surface area contributed by atoms with E-state index in [1.165, 1.54) is 12.1 Å². The van der Waals surface area contributed by atoms with E-state index in [9.17, 15) is 14.3 Å². The standard InChI is InChI=1S/C32H28FN3O3/c1-2-39-31-11-4-3-10-25(31)22-8-5-9-23(13-12-22)28-19-29(26-18-24(33)14-15-27(26)35-28)36-30(32(37)38)17-21-7-6-16-34-20-21/h3-8,10-16,18-20,30H,2,9,17H2,1H3,(H,35,36)(H,37,38). The Morgan fingerprint density at radius 1 is 1.13 bits per heavy atom. The molecule has 0 spiro atoms. The molecule has 1 aliphatic rings. The zero-order valence-electron chi connectivity index (χ0n) is 21.5. The first-order valence-corrected chi connectivity index (χ1v) is 12.8. The number of carboxylic acid groups (broad SMARTS) is 1. The number of carbonyl (C=O) groups is 1. The summed E-state index contributed by atoms with van der Waals surface area (Å²) in [6.07, 6.45) is 12.3. The summed E-state index contributed by atoms with van der Waals surface area (Å²) in [5, 5.41) is 13.6. The predicted octanol–water partition coefficient (Wildman–Crippen LogP) is 6.70. The summed E-state index contributed by atoms with van der Waals surface area (Å²) in [6, 6.07) is 16.7. The number of aliphatic carboxylic acids is 1. The summed E-state index contributed by atoms with van der Waals surface area (Å²) in [5.74, 6) is -0.617.